The monoisotopic (exact) mass is 366 g/mol. The van der Waals surface area contributed by atoms with Crippen LogP contribution in [0.4, 0.5) is 0 Å². The van der Waals surface area contributed by atoms with E-state index in [9.17, 15) is 4.79 Å². The van der Waals surface area contributed by atoms with Gasteiger partial charge in [0.2, 0.25) is 0 Å². The highest BCUT2D eigenvalue weighted by Crippen LogP contribution is 2.29. The normalized spacial score (nSPS) is 13.3. The number of rotatable bonds is 4. The molecule has 0 saturated heterocycles. The molecule has 0 radical (unpaired) electrons. The quantitative estimate of drug-likeness (QED) is 0.760. The highest BCUT2D eigenvalue weighted by Gasteiger charge is 2.17. The molecule has 1 aromatic carbocycles. The molecule has 0 saturated carbocycles. The maximum Gasteiger partial charge on any atom is 0.279 e. The molecule has 120 valence electrons. The molecule has 1 aromatic heterocycles. The lowest BCUT2D eigenvalue weighted by Gasteiger charge is -2.12. The number of aryl methyl sites for hydroxylation is 2. The van der Waals surface area contributed by atoms with Gasteiger partial charge in [-0.15, -0.1) is 11.3 Å². The van der Waals surface area contributed by atoms with Gasteiger partial charge < -0.3 is 0 Å². The number of hydrogen-bond acceptors (Lipinski definition) is 3. The van der Waals surface area contributed by atoms with Crippen molar-refractivity contribution in [1.29, 1.82) is 0 Å². The summed E-state index contributed by atoms with van der Waals surface area (Å²) in [7, 11) is 0. The molecule has 3 nitrogen and oxygen atoms in total. The Morgan fingerprint density at radius 3 is 2.70 bits per heavy atom. The number of thiophene rings is 1. The summed E-state index contributed by atoms with van der Waals surface area (Å²) in [5.41, 5.74) is 7.95. The molecule has 0 aliphatic heterocycles. The SMILES string of the molecule is C=C(NNC(=O)c1cc2c(s1)CCCC2)c1cc(Cl)ccc1Cl. The van der Waals surface area contributed by atoms with E-state index in [2.05, 4.69) is 17.4 Å². The van der Waals surface area contributed by atoms with Gasteiger partial charge in [0, 0.05) is 15.5 Å². The third-order valence-corrected chi connectivity index (χ3v) is 5.60. The van der Waals surface area contributed by atoms with Crippen LogP contribution in [0.5, 0.6) is 0 Å². The Bertz CT molecular complexity index is 746. The third kappa shape index (κ3) is 3.71. The van der Waals surface area contributed by atoms with E-state index in [1.807, 2.05) is 6.07 Å². The fourth-order valence-corrected chi connectivity index (χ4v) is 4.15. The van der Waals surface area contributed by atoms with Gasteiger partial charge in [-0.05, 0) is 55.5 Å². The number of carbonyl (C=O) groups excluding carboxylic acids is 1. The molecule has 2 N–H and O–H groups in total. The van der Waals surface area contributed by atoms with E-state index >= 15 is 0 Å². The molecule has 0 fully saturated rings. The minimum atomic E-state index is -0.163. The molecular weight excluding hydrogens is 351 g/mol. The first-order chi connectivity index (χ1) is 11.0. The van der Waals surface area contributed by atoms with Crippen molar-refractivity contribution in [1.82, 2.24) is 10.9 Å². The van der Waals surface area contributed by atoms with Crippen LogP contribution >= 0.6 is 34.5 Å². The molecule has 0 atom stereocenters. The number of amides is 1. The number of benzene rings is 1. The summed E-state index contributed by atoms with van der Waals surface area (Å²) < 4.78 is 0. The van der Waals surface area contributed by atoms with E-state index in [4.69, 9.17) is 23.2 Å². The minimum Gasteiger partial charge on any atom is -0.298 e. The van der Waals surface area contributed by atoms with E-state index in [1.54, 1.807) is 29.5 Å². The summed E-state index contributed by atoms with van der Waals surface area (Å²) >= 11 is 13.7. The number of nitrogens with one attached hydrogen (secondary N) is 2. The van der Waals surface area contributed by atoms with Crippen LogP contribution in [0.25, 0.3) is 5.70 Å². The topological polar surface area (TPSA) is 41.1 Å². The molecule has 1 amide bonds. The van der Waals surface area contributed by atoms with Crippen LogP contribution in [0.3, 0.4) is 0 Å². The Balaban J connectivity index is 1.65. The van der Waals surface area contributed by atoms with Crippen LogP contribution in [0, 0.1) is 0 Å². The average molecular weight is 367 g/mol. The number of fused-ring (bicyclic) bond motifs is 1. The lowest BCUT2D eigenvalue weighted by Crippen LogP contribution is -2.35. The van der Waals surface area contributed by atoms with Crippen LogP contribution in [0.1, 0.15) is 38.5 Å². The van der Waals surface area contributed by atoms with E-state index in [0.29, 0.717) is 21.3 Å². The molecule has 0 bridgehead atoms. The standard InChI is InChI=1S/C17H16Cl2N2OS/c1-10(13-9-12(18)6-7-14(13)19)20-21-17(22)16-8-11-4-2-3-5-15(11)23-16/h6-9,20H,1-5H2,(H,21,22). The fourth-order valence-electron chi connectivity index (χ4n) is 2.59. The van der Waals surface area contributed by atoms with Gasteiger partial charge in [0.1, 0.15) is 0 Å². The Morgan fingerprint density at radius 1 is 1.13 bits per heavy atom. The van der Waals surface area contributed by atoms with Crippen molar-refractivity contribution >= 4 is 46.1 Å². The predicted molar refractivity (Wildman–Crippen MR) is 97.1 cm³/mol. The molecule has 3 rings (SSSR count). The Kier molecular flexibility index (Phi) is 4.95. The maximum absolute atomic E-state index is 12.3. The second-order valence-electron chi connectivity index (χ2n) is 5.45. The number of carbonyl (C=O) groups is 1. The average Bonchev–Trinajstić information content (AvgIpc) is 2.98. The summed E-state index contributed by atoms with van der Waals surface area (Å²) in [5.74, 6) is -0.163. The lowest BCUT2D eigenvalue weighted by molar-refractivity contribution is 0.0946. The van der Waals surface area contributed by atoms with Gasteiger partial charge in [-0.25, -0.2) is 0 Å². The number of hydrogen-bond donors (Lipinski definition) is 2. The molecule has 0 unspecified atom stereocenters. The van der Waals surface area contributed by atoms with Gasteiger partial charge in [0.15, 0.2) is 0 Å². The lowest BCUT2D eigenvalue weighted by atomic mass is 9.99. The van der Waals surface area contributed by atoms with Crippen LogP contribution in [-0.2, 0) is 12.8 Å². The second-order valence-corrected chi connectivity index (χ2v) is 7.43. The molecule has 23 heavy (non-hydrogen) atoms. The first-order valence-electron chi connectivity index (χ1n) is 7.37. The van der Waals surface area contributed by atoms with Gasteiger partial charge in [-0.2, -0.15) is 0 Å². The van der Waals surface area contributed by atoms with E-state index < -0.39 is 0 Å². The zero-order chi connectivity index (χ0) is 16.4. The van der Waals surface area contributed by atoms with Crippen LogP contribution in [-0.4, -0.2) is 5.91 Å². The van der Waals surface area contributed by atoms with E-state index in [-0.39, 0.29) is 5.91 Å². The minimum absolute atomic E-state index is 0.163. The molecule has 6 heteroatoms. The zero-order valence-electron chi connectivity index (χ0n) is 12.4. The summed E-state index contributed by atoms with van der Waals surface area (Å²) in [6.07, 6.45) is 4.55. The van der Waals surface area contributed by atoms with E-state index in [1.165, 1.54) is 23.3 Å². The first-order valence-corrected chi connectivity index (χ1v) is 8.94. The highest BCUT2D eigenvalue weighted by molar-refractivity contribution is 7.14. The van der Waals surface area contributed by atoms with E-state index in [0.717, 1.165) is 17.7 Å². The molecule has 2 aromatic rings. The molecule has 0 spiro atoms. The molecule has 1 heterocycles. The summed E-state index contributed by atoms with van der Waals surface area (Å²) in [6.45, 7) is 3.89. The van der Waals surface area contributed by atoms with Crippen molar-refractivity contribution in [2.45, 2.75) is 25.7 Å². The summed E-state index contributed by atoms with van der Waals surface area (Å²) in [6, 6.07) is 7.09. The second kappa shape index (κ2) is 6.95. The highest BCUT2D eigenvalue weighted by atomic mass is 35.5. The van der Waals surface area contributed by atoms with Crippen molar-refractivity contribution in [3.63, 3.8) is 0 Å². The Morgan fingerprint density at radius 2 is 1.91 bits per heavy atom. The van der Waals surface area contributed by atoms with Crippen LogP contribution in [0.2, 0.25) is 10.0 Å². The largest absolute Gasteiger partial charge is 0.298 e. The van der Waals surface area contributed by atoms with Crippen molar-refractivity contribution in [3.05, 3.63) is 61.8 Å². The zero-order valence-corrected chi connectivity index (χ0v) is 14.7. The molecular formula is C17H16Cl2N2OS. The van der Waals surface area contributed by atoms with Crippen molar-refractivity contribution in [3.8, 4) is 0 Å². The van der Waals surface area contributed by atoms with Crippen molar-refractivity contribution < 1.29 is 4.79 Å². The van der Waals surface area contributed by atoms with Crippen LogP contribution < -0.4 is 10.9 Å². The molecule has 1 aliphatic rings. The maximum atomic E-state index is 12.3. The summed E-state index contributed by atoms with van der Waals surface area (Å²) in [5, 5.41) is 1.08. The van der Waals surface area contributed by atoms with Gasteiger partial charge in [-0.3, -0.25) is 15.6 Å². The van der Waals surface area contributed by atoms with Crippen molar-refractivity contribution in [2.75, 3.05) is 0 Å². The Labute approximate surface area is 149 Å². The third-order valence-electron chi connectivity index (χ3n) is 3.80. The first kappa shape index (κ1) is 16.4. The Hall–Kier alpha value is -1.49. The smallest absolute Gasteiger partial charge is 0.279 e. The number of halogens is 2. The van der Waals surface area contributed by atoms with Crippen LogP contribution in [0.15, 0.2) is 30.8 Å². The predicted octanol–water partition coefficient (Wildman–Crippen LogP) is 4.84. The van der Waals surface area contributed by atoms with Gasteiger partial charge in [0.05, 0.1) is 15.6 Å². The van der Waals surface area contributed by atoms with Gasteiger partial charge in [0.25, 0.3) is 5.91 Å². The summed E-state index contributed by atoms with van der Waals surface area (Å²) in [4.78, 5) is 14.3. The van der Waals surface area contributed by atoms with Gasteiger partial charge in [-0.1, -0.05) is 29.8 Å². The molecule has 1 aliphatic carbocycles. The fraction of sp³-hybridized carbons (Fsp3) is 0.235. The number of hydrazine groups is 1. The van der Waals surface area contributed by atoms with Gasteiger partial charge >= 0.3 is 0 Å². The van der Waals surface area contributed by atoms with Crippen molar-refractivity contribution in [2.24, 2.45) is 0 Å².